The molecule has 1 atom stereocenters. The lowest BCUT2D eigenvalue weighted by Crippen LogP contribution is -2.49. The molecule has 1 fully saturated rings. The molecule has 172 valence electrons. The quantitative estimate of drug-likeness (QED) is 0.596. The van der Waals surface area contributed by atoms with E-state index in [9.17, 15) is 14.9 Å². The molecule has 0 bridgehead atoms. The van der Waals surface area contributed by atoms with E-state index in [0.717, 1.165) is 24.0 Å². The van der Waals surface area contributed by atoms with Gasteiger partial charge in [-0.05, 0) is 31.9 Å². The molecule has 0 spiro atoms. The Morgan fingerprint density at radius 1 is 1.42 bits per heavy atom. The second-order valence-corrected chi connectivity index (χ2v) is 7.85. The van der Waals surface area contributed by atoms with Gasteiger partial charge in [-0.25, -0.2) is 4.79 Å². The molecule has 1 saturated heterocycles. The van der Waals surface area contributed by atoms with Gasteiger partial charge in [-0.2, -0.15) is 5.26 Å². The number of piperidine rings is 1. The highest BCUT2D eigenvalue weighted by Crippen LogP contribution is 2.24. The second kappa shape index (κ2) is 10.1. The van der Waals surface area contributed by atoms with Crippen LogP contribution in [-0.4, -0.2) is 44.7 Å². The fourth-order valence-electron chi connectivity index (χ4n) is 3.85. The van der Waals surface area contributed by atoms with E-state index >= 15 is 0 Å². The molecule has 0 aliphatic carbocycles. The minimum atomic E-state index is -0.608. The molecule has 2 aromatic heterocycles. The third-order valence-electron chi connectivity index (χ3n) is 5.71. The van der Waals surface area contributed by atoms with E-state index in [1.54, 1.807) is 24.0 Å². The number of nitriles is 1. The maximum Gasteiger partial charge on any atom is 0.332 e. The first kappa shape index (κ1) is 23.6. The molecule has 1 aliphatic rings. The minimum absolute atomic E-state index is 0.00250. The topological polar surface area (TPSA) is 139 Å². The summed E-state index contributed by atoms with van der Waals surface area (Å²) >= 11 is 0. The number of nitrogens with two attached hydrogens (primary N) is 2. The number of likely N-dealkylation sites (tertiary alicyclic amines) is 1. The summed E-state index contributed by atoms with van der Waals surface area (Å²) in [6.07, 6.45) is 3.32. The highest BCUT2D eigenvalue weighted by molar-refractivity contribution is 5.66. The molecular formula is C23H28N8O2. The normalized spacial score (nSPS) is 15.3. The number of hydrogen-bond acceptors (Lipinski definition) is 8. The van der Waals surface area contributed by atoms with Crippen LogP contribution in [0.15, 0.2) is 40.3 Å². The molecule has 0 amide bonds. The zero-order valence-corrected chi connectivity index (χ0v) is 18.9. The first-order valence-electron chi connectivity index (χ1n) is 10.6. The summed E-state index contributed by atoms with van der Waals surface area (Å²) in [5, 5.41) is 9.38. The SMILES string of the molecule is C=C(N1CCC[C@@H](N)C1)N(CC#CC)c1c(N)n(C)c(=O)n(Cc2ncccc2C#N)c1=O. The van der Waals surface area contributed by atoms with Crippen LogP contribution in [0.25, 0.3) is 0 Å². The van der Waals surface area contributed by atoms with Crippen molar-refractivity contribution >= 4 is 11.5 Å². The van der Waals surface area contributed by atoms with Gasteiger partial charge in [0.2, 0.25) is 0 Å². The molecule has 33 heavy (non-hydrogen) atoms. The molecule has 2 aromatic rings. The van der Waals surface area contributed by atoms with Crippen molar-refractivity contribution in [2.24, 2.45) is 12.8 Å². The standard InChI is InChI=1S/C23H28N8O2/c1-4-5-12-30(16(2)29-11-7-9-18(25)14-29)20-21(26)28(3)23(33)31(22(20)32)15-19-17(13-24)8-6-10-27-19/h6,8,10,18H,2,7,9,11-12,14-15,25-26H2,1,3H3/t18-/m1/s1. The van der Waals surface area contributed by atoms with Gasteiger partial charge in [-0.15, -0.1) is 5.92 Å². The van der Waals surface area contributed by atoms with Gasteiger partial charge in [0.05, 0.1) is 24.3 Å². The molecule has 0 saturated carbocycles. The Morgan fingerprint density at radius 3 is 2.85 bits per heavy atom. The van der Waals surface area contributed by atoms with Gasteiger partial charge in [-0.3, -0.25) is 18.9 Å². The smallest absolute Gasteiger partial charge is 0.332 e. The van der Waals surface area contributed by atoms with Gasteiger partial charge >= 0.3 is 5.69 Å². The van der Waals surface area contributed by atoms with Crippen molar-refractivity contribution < 1.29 is 0 Å². The van der Waals surface area contributed by atoms with Crippen molar-refractivity contribution in [3.05, 3.63) is 62.8 Å². The number of rotatable bonds is 6. The summed E-state index contributed by atoms with van der Waals surface area (Å²) in [6.45, 7) is 7.22. The lowest BCUT2D eigenvalue weighted by molar-refractivity contribution is 0.255. The maximum atomic E-state index is 13.6. The van der Waals surface area contributed by atoms with Gasteiger partial charge in [0.25, 0.3) is 5.56 Å². The van der Waals surface area contributed by atoms with Crippen LogP contribution in [0.4, 0.5) is 11.5 Å². The van der Waals surface area contributed by atoms with Gasteiger partial charge in [-0.1, -0.05) is 12.5 Å². The number of nitrogens with zero attached hydrogens (tertiary/aromatic N) is 6. The largest absolute Gasteiger partial charge is 0.383 e. The Morgan fingerprint density at radius 2 is 2.18 bits per heavy atom. The molecule has 1 aliphatic heterocycles. The molecule has 3 rings (SSSR count). The Balaban J connectivity index is 2.15. The Labute approximate surface area is 192 Å². The fraction of sp³-hybridized carbons (Fsp3) is 0.391. The third-order valence-corrected chi connectivity index (χ3v) is 5.71. The van der Waals surface area contributed by atoms with Crippen LogP contribution < -0.4 is 27.6 Å². The van der Waals surface area contributed by atoms with E-state index in [1.807, 2.05) is 11.0 Å². The van der Waals surface area contributed by atoms with Crippen LogP contribution in [0.2, 0.25) is 0 Å². The highest BCUT2D eigenvalue weighted by Gasteiger charge is 2.27. The first-order chi connectivity index (χ1) is 15.8. The average Bonchev–Trinajstić information content (AvgIpc) is 2.82. The maximum absolute atomic E-state index is 13.6. The van der Waals surface area contributed by atoms with Gasteiger partial charge in [0, 0.05) is 32.4 Å². The lowest BCUT2D eigenvalue weighted by Gasteiger charge is -2.38. The molecule has 10 heteroatoms. The monoisotopic (exact) mass is 448 g/mol. The summed E-state index contributed by atoms with van der Waals surface area (Å²) in [7, 11) is 1.49. The Hall–Kier alpha value is -4.02. The van der Waals surface area contributed by atoms with Crippen LogP contribution in [0.1, 0.15) is 31.0 Å². The minimum Gasteiger partial charge on any atom is -0.383 e. The second-order valence-electron chi connectivity index (χ2n) is 7.85. The summed E-state index contributed by atoms with van der Waals surface area (Å²) < 4.78 is 2.23. The van der Waals surface area contributed by atoms with E-state index < -0.39 is 11.2 Å². The van der Waals surface area contributed by atoms with E-state index in [2.05, 4.69) is 23.4 Å². The number of nitrogen functional groups attached to an aromatic ring is 1. The molecular weight excluding hydrogens is 420 g/mol. The van der Waals surface area contributed by atoms with Crippen molar-refractivity contribution in [3.63, 3.8) is 0 Å². The van der Waals surface area contributed by atoms with E-state index in [4.69, 9.17) is 11.5 Å². The van der Waals surface area contributed by atoms with Crippen LogP contribution >= 0.6 is 0 Å². The summed E-state index contributed by atoms with van der Waals surface area (Å²) in [5.74, 6) is 6.34. The van der Waals surface area contributed by atoms with Gasteiger partial charge < -0.3 is 21.3 Å². The zero-order valence-electron chi connectivity index (χ0n) is 18.9. The van der Waals surface area contributed by atoms with Gasteiger partial charge in [0.15, 0.2) is 5.69 Å². The lowest BCUT2D eigenvalue weighted by atomic mass is 10.1. The third kappa shape index (κ3) is 4.76. The molecule has 3 heterocycles. The average molecular weight is 449 g/mol. The van der Waals surface area contributed by atoms with Crippen molar-refractivity contribution in [3.8, 4) is 17.9 Å². The van der Waals surface area contributed by atoms with Crippen molar-refractivity contribution in [2.45, 2.75) is 32.4 Å². The number of aromatic nitrogens is 3. The summed E-state index contributed by atoms with van der Waals surface area (Å²) in [4.78, 5) is 34.4. The molecule has 4 N–H and O–H groups in total. The highest BCUT2D eigenvalue weighted by atomic mass is 16.2. The molecule has 0 aromatic carbocycles. The van der Waals surface area contributed by atoms with Crippen molar-refractivity contribution in [2.75, 3.05) is 30.3 Å². The Bertz CT molecular complexity index is 1270. The van der Waals surface area contributed by atoms with Crippen molar-refractivity contribution in [1.82, 2.24) is 19.0 Å². The van der Waals surface area contributed by atoms with E-state index in [1.165, 1.54) is 17.8 Å². The number of hydrogen-bond donors (Lipinski definition) is 2. The zero-order chi connectivity index (χ0) is 24.1. The summed E-state index contributed by atoms with van der Waals surface area (Å²) in [5.41, 5.74) is 11.9. The number of pyridine rings is 1. The Kier molecular flexibility index (Phi) is 7.21. The van der Waals surface area contributed by atoms with Gasteiger partial charge in [0.1, 0.15) is 17.7 Å². The predicted octanol–water partition coefficient (Wildman–Crippen LogP) is 0.168. The predicted molar refractivity (Wildman–Crippen MR) is 127 cm³/mol. The van der Waals surface area contributed by atoms with Crippen LogP contribution in [0, 0.1) is 23.2 Å². The van der Waals surface area contributed by atoms with E-state index in [0.29, 0.717) is 18.1 Å². The molecule has 10 nitrogen and oxygen atoms in total. The molecule has 0 unspecified atom stereocenters. The fourth-order valence-corrected chi connectivity index (χ4v) is 3.85. The first-order valence-corrected chi connectivity index (χ1v) is 10.6. The van der Waals surface area contributed by atoms with Crippen LogP contribution in [-0.2, 0) is 13.6 Å². The van der Waals surface area contributed by atoms with E-state index in [-0.39, 0.29) is 36.2 Å². The van der Waals surface area contributed by atoms with Crippen molar-refractivity contribution in [1.29, 1.82) is 5.26 Å². The van der Waals surface area contributed by atoms with Crippen LogP contribution in [0.3, 0.4) is 0 Å². The number of anilines is 2. The van der Waals surface area contributed by atoms with Crippen LogP contribution in [0.5, 0.6) is 0 Å². The molecule has 0 radical (unpaired) electrons. The summed E-state index contributed by atoms with van der Waals surface area (Å²) in [6, 6.07) is 5.24.